The molecule has 2 atom stereocenters. The van der Waals surface area contributed by atoms with Crippen LogP contribution in [0.4, 0.5) is 0 Å². The molecule has 110 valence electrons. The van der Waals surface area contributed by atoms with Crippen molar-refractivity contribution in [2.45, 2.75) is 29.8 Å². The van der Waals surface area contributed by atoms with E-state index in [0.717, 1.165) is 24.3 Å². The van der Waals surface area contributed by atoms with E-state index in [4.69, 9.17) is 4.74 Å². The van der Waals surface area contributed by atoms with Crippen molar-refractivity contribution in [3.05, 3.63) is 59.7 Å². The molecule has 1 N–H and O–H groups in total. The predicted molar refractivity (Wildman–Crippen MR) is 87.2 cm³/mol. The van der Waals surface area contributed by atoms with Crippen LogP contribution in [0.1, 0.15) is 23.5 Å². The standard InChI is InChI=1S/C18H20O2S/c1-20-14-9-6-13(7-10-14)8-11-17(19)16-12-21-18-5-3-2-4-15(16)18/h2-7,9-10,16-17,19H,8,11-12H2,1H3. The Labute approximate surface area is 130 Å². The average Bonchev–Trinajstić information content (AvgIpc) is 2.97. The van der Waals surface area contributed by atoms with E-state index in [2.05, 4.69) is 36.4 Å². The molecule has 1 aliphatic heterocycles. The minimum absolute atomic E-state index is 0.268. The number of hydrogen-bond donors (Lipinski definition) is 1. The van der Waals surface area contributed by atoms with E-state index in [1.807, 2.05) is 23.9 Å². The summed E-state index contributed by atoms with van der Waals surface area (Å²) in [6.45, 7) is 0. The number of benzene rings is 2. The molecule has 2 aromatic rings. The summed E-state index contributed by atoms with van der Waals surface area (Å²) < 4.78 is 5.16. The van der Waals surface area contributed by atoms with E-state index in [-0.39, 0.29) is 12.0 Å². The molecule has 2 nitrogen and oxygen atoms in total. The van der Waals surface area contributed by atoms with Crippen LogP contribution in [0, 0.1) is 0 Å². The van der Waals surface area contributed by atoms with Gasteiger partial charge in [-0.1, -0.05) is 30.3 Å². The summed E-state index contributed by atoms with van der Waals surface area (Å²) >= 11 is 1.85. The number of ether oxygens (including phenoxy) is 1. The number of aliphatic hydroxyl groups excluding tert-OH is 1. The third-order valence-electron chi connectivity index (χ3n) is 4.09. The van der Waals surface area contributed by atoms with Gasteiger partial charge < -0.3 is 9.84 Å². The van der Waals surface area contributed by atoms with Gasteiger partial charge in [-0.2, -0.15) is 0 Å². The Morgan fingerprint density at radius 2 is 1.95 bits per heavy atom. The Kier molecular flexibility index (Phi) is 4.51. The van der Waals surface area contributed by atoms with Crippen LogP contribution in [0.5, 0.6) is 5.75 Å². The number of rotatable bonds is 5. The normalized spacial score (nSPS) is 18.3. The fourth-order valence-electron chi connectivity index (χ4n) is 2.81. The van der Waals surface area contributed by atoms with Gasteiger partial charge in [0.15, 0.2) is 0 Å². The lowest BCUT2D eigenvalue weighted by atomic mass is 9.91. The van der Waals surface area contributed by atoms with E-state index in [1.54, 1.807) is 7.11 Å². The molecular weight excluding hydrogens is 280 g/mol. The molecular formula is C18H20O2S. The Morgan fingerprint density at radius 3 is 2.71 bits per heavy atom. The summed E-state index contributed by atoms with van der Waals surface area (Å²) in [7, 11) is 1.67. The second kappa shape index (κ2) is 6.54. The Morgan fingerprint density at radius 1 is 1.19 bits per heavy atom. The maximum Gasteiger partial charge on any atom is 0.118 e. The van der Waals surface area contributed by atoms with Crippen molar-refractivity contribution in [3.63, 3.8) is 0 Å². The topological polar surface area (TPSA) is 29.5 Å². The van der Waals surface area contributed by atoms with Gasteiger partial charge in [0.2, 0.25) is 0 Å². The monoisotopic (exact) mass is 300 g/mol. The molecule has 0 bridgehead atoms. The van der Waals surface area contributed by atoms with Gasteiger partial charge in [-0.15, -0.1) is 11.8 Å². The summed E-state index contributed by atoms with van der Waals surface area (Å²) in [6.07, 6.45) is 1.42. The number of aryl methyl sites for hydroxylation is 1. The molecule has 0 radical (unpaired) electrons. The number of fused-ring (bicyclic) bond motifs is 1. The molecule has 1 heterocycles. The number of thioether (sulfide) groups is 1. The molecule has 0 saturated carbocycles. The summed E-state index contributed by atoms with van der Waals surface area (Å²) in [5.74, 6) is 2.13. The zero-order valence-electron chi connectivity index (χ0n) is 12.2. The minimum atomic E-state index is -0.275. The van der Waals surface area contributed by atoms with Crippen molar-refractivity contribution in [2.75, 3.05) is 12.9 Å². The van der Waals surface area contributed by atoms with Crippen LogP contribution >= 0.6 is 11.8 Å². The molecule has 3 rings (SSSR count). The highest BCUT2D eigenvalue weighted by atomic mass is 32.2. The molecule has 2 unspecified atom stereocenters. The number of aliphatic hydroxyl groups is 1. The summed E-state index contributed by atoms with van der Waals surface area (Å²) in [4.78, 5) is 1.32. The van der Waals surface area contributed by atoms with Crippen LogP contribution < -0.4 is 4.74 Å². The second-order valence-corrected chi connectivity index (χ2v) is 6.47. The van der Waals surface area contributed by atoms with Crippen molar-refractivity contribution < 1.29 is 9.84 Å². The first-order valence-corrected chi connectivity index (χ1v) is 8.29. The van der Waals surface area contributed by atoms with Crippen LogP contribution in [0.15, 0.2) is 53.4 Å². The third kappa shape index (κ3) is 3.25. The molecule has 21 heavy (non-hydrogen) atoms. The van der Waals surface area contributed by atoms with Gasteiger partial charge >= 0.3 is 0 Å². The molecule has 1 aliphatic rings. The second-order valence-electron chi connectivity index (χ2n) is 5.41. The minimum Gasteiger partial charge on any atom is -0.497 e. The highest BCUT2D eigenvalue weighted by Crippen LogP contribution is 2.41. The number of hydrogen-bond acceptors (Lipinski definition) is 3. The zero-order valence-corrected chi connectivity index (χ0v) is 13.0. The lowest BCUT2D eigenvalue weighted by Gasteiger charge is -2.18. The highest BCUT2D eigenvalue weighted by Gasteiger charge is 2.28. The van der Waals surface area contributed by atoms with Crippen molar-refractivity contribution in [3.8, 4) is 5.75 Å². The SMILES string of the molecule is COc1ccc(CCC(O)C2CSc3ccccc32)cc1. The Balaban J connectivity index is 1.60. The summed E-state index contributed by atoms with van der Waals surface area (Å²) in [5.41, 5.74) is 2.55. The van der Waals surface area contributed by atoms with Crippen LogP contribution in [0.25, 0.3) is 0 Å². The molecule has 0 aromatic heterocycles. The maximum absolute atomic E-state index is 10.5. The summed E-state index contributed by atoms with van der Waals surface area (Å²) in [5, 5.41) is 10.5. The average molecular weight is 300 g/mol. The molecule has 0 aliphatic carbocycles. The molecule has 3 heteroatoms. The lowest BCUT2D eigenvalue weighted by Crippen LogP contribution is -2.19. The molecule has 0 amide bonds. The van der Waals surface area contributed by atoms with Crippen LogP contribution in [-0.4, -0.2) is 24.1 Å². The molecule has 0 spiro atoms. The van der Waals surface area contributed by atoms with Gasteiger partial charge in [-0.3, -0.25) is 0 Å². The van der Waals surface area contributed by atoms with Gasteiger partial charge in [0, 0.05) is 16.6 Å². The fraction of sp³-hybridized carbons (Fsp3) is 0.333. The first-order chi connectivity index (χ1) is 10.3. The first kappa shape index (κ1) is 14.5. The van der Waals surface area contributed by atoms with E-state index >= 15 is 0 Å². The summed E-state index contributed by atoms with van der Waals surface area (Å²) in [6, 6.07) is 16.5. The Hall–Kier alpha value is -1.45. The lowest BCUT2D eigenvalue weighted by molar-refractivity contribution is 0.142. The zero-order chi connectivity index (χ0) is 14.7. The van der Waals surface area contributed by atoms with Gasteiger partial charge in [0.25, 0.3) is 0 Å². The maximum atomic E-state index is 10.5. The van der Waals surface area contributed by atoms with E-state index in [9.17, 15) is 5.11 Å². The highest BCUT2D eigenvalue weighted by molar-refractivity contribution is 7.99. The van der Waals surface area contributed by atoms with Crippen molar-refractivity contribution in [1.29, 1.82) is 0 Å². The van der Waals surface area contributed by atoms with Gasteiger partial charge in [-0.25, -0.2) is 0 Å². The van der Waals surface area contributed by atoms with Crippen LogP contribution in [-0.2, 0) is 6.42 Å². The van der Waals surface area contributed by atoms with Crippen molar-refractivity contribution in [1.82, 2.24) is 0 Å². The molecule has 0 saturated heterocycles. The van der Waals surface area contributed by atoms with E-state index in [0.29, 0.717) is 0 Å². The first-order valence-electron chi connectivity index (χ1n) is 7.30. The fourth-order valence-corrected chi connectivity index (χ4v) is 4.14. The molecule has 0 fully saturated rings. The quantitative estimate of drug-likeness (QED) is 0.908. The van der Waals surface area contributed by atoms with Crippen molar-refractivity contribution in [2.24, 2.45) is 0 Å². The number of methoxy groups -OCH3 is 1. The van der Waals surface area contributed by atoms with Gasteiger partial charge in [-0.05, 0) is 42.2 Å². The van der Waals surface area contributed by atoms with Crippen LogP contribution in [0.3, 0.4) is 0 Å². The third-order valence-corrected chi connectivity index (χ3v) is 5.30. The van der Waals surface area contributed by atoms with Gasteiger partial charge in [0.05, 0.1) is 13.2 Å². The Bertz CT molecular complexity index is 594. The van der Waals surface area contributed by atoms with E-state index in [1.165, 1.54) is 16.0 Å². The van der Waals surface area contributed by atoms with E-state index < -0.39 is 0 Å². The smallest absolute Gasteiger partial charge is 0.118 e. The predicted octanol–water partition coefficient (Wildman–Crippen LogP) is 3.88. The van der Waals surface area contributed by atoms with Crippen molar-refractivity contribution >= 4 is 11.8 Å². The van der Waals surface area contributed by atoms with Crippen LogP contribution in [0.2, 0.25) is 0 Å². The molecule has 2 aromatic carbocycles. The van der Waals surface area contributed by atoms with Gasteiger partial charge in [0.1, 0.15) is 5.75 Å². The largest absolute Gasteiger partial charge is 0.497 e.